The molecule has 3 N–H and O–H groups in total. The Kier molecular flexibility index (Phi) is 3.65. The minimum absolute atomic E-state index is 0.682. The molecule has 20 heavy (non-hydrogen) atoms. The molecule has 0 aliphatic rings. The summed E-state index contributed by atoms with van der Waals surface area (Å²) in [6.45, 7) is 1.53. The number of furan rings is 1. The van der Waals surface area contributed by atoms with Gasteiger partial charge in [0.25, 0.3) is 0 Å². The van der Waals surface area contributed by atoms with Gasteiger partial charge in [-0.05, 0) is 37.2 Å². The van der Waals surface area contributed by atoms with Crippen LogP contribution in [-0.4, -0.2) is 18.1 Å². The number of hydrogen-bond acceptors (Lipinski definition) is 4. The quantitative estimate of drug-likeness (QED) is 0.696. The Hall–Kier alpha value is -2.33. The summed E-state index contributed by atoms with van der Waals surface area (Å²) in [5.41, 5.74) is 8.40. The fourth-order valence-corrected chi connectivity index (χ4v) is 2.20. The monoisotopic (exact) mass is 267 g/mol. The maximum atomic E-state index is 5.55. The number of anilines is 1. The maximum Gasteiger partial charge on any atom is 0.152 e. The fraction of sp³-hybridized carbons (Fsp3) is 0.188. The first-order valence-corrected chi connectivity index (χ1v) is 6.76. The predicted molar refractivity (Wildman–Crippen MR) is 81.6 cm³/mol. The number of benzene rings is 1. The molecule has 3 aromatic rings. The van der Waals surface area contributed by atoms with E-state index in [1.165, 1.54) is 0 Å². The van der Waals surface area contributed by atoms with Crippen LogP contribution < -0.4 is 11.1 Å². The summed E-state index contributed by atoms with van der Waals surface area (Å²) in [7, 11) is 0. The van der Waals surface area contributed by atoms with Gasteiger partial charge in [-0.1, -0.05) is 18.2 Å². The molecule has 0 aliphatic heterocycles. The van der Waals surface area contributed by atoms with E-state index in [0.717, 1.165) is 41.0 Å². The molecule has 0 saturated heterocycles. The highest BCUT2D eigenvalue weighted by atomic mass is 16.3. The van der Waals surface area contributed by atoms with Crippen LogP contribution in [0.5, 0.6) is 0 Å². The Morgan fingerprint density at radius 1 is 1.15 bits per heavy atom. The Labute approximate surface area is 117 Å². The first-order chi connectivity index (χ1) is 9.88. The molecule has 0 bridgehead atoms. The molecule has 0 fully saturated rings. The third-order valence-corrected chi connectivity index (χ3v) is 3.19. The van der Waals surface area contributed by atoms with Crippen LogP contribution >= 0.6 is 0 Å². The van der Waals surface area contributed by atoms with Crippen molar-refractivity contribution in [2.75, 3.05) is 18.4 Å². The number of nitrogens with one attached hydrogen (secondary N) is 1. The van der Waals surface area contributed by atoms with Gasteiger partial charge < -0.3 is 15.5 Å². The molecule has 2 aromatic heterocycles. The summed E-state index contributed by atoms with van der Waals surface area (Å²) < 4.78 is 5.44. The van der Waals surface area contributed by atoms with E-state index in [-0.39, 0.29) is 0 Å². The highest BCUT2D eigenvalue weighted by Crippen LogP contribution is 2.28. The molecule has 0 atom stereocenters. The van der Waals surface area contributed by atoms with Crippen LogP contribution in [0.1, 0.15) is 6.42 Å². The molecule has 0 unspecified atom stereocenters. The van der Waals surface area contributed by atoms with Crippen molar-refractivity contribution in [3.05, 3.63) is 48.7 Å². The van der Waals surface area contributed by atoms with Crippen molar-refractivity contribution in [3.63, 3.8) is 0 Å². The highest BCUT2D eigenvalue weighted by Gasteiger charge is 2.08. The SMILES string of the molecule is NCCCNc1cc(-c2ccco2)nc2ccccc12. The van der Waals surface area contributed by atoms with E-state index in [2.05, 4.69) is 16.4 Å². The molecule has 0 radical (unpaired) electrons. The normalized spacial score (nSPS) is 10.8. The summed E-state index contributed by atoms with van der Waals surface area (Å²) in [6, 6.07) is 13.9. The number of aromatic nitrogens is 1. The second-order valence-electron chi connectivity index (χ2n) is 4.62. The summed E-state index contributed by atoms with van der Waals surface area (Å²) >= 11 is 0. The van der Waals surface area contributed by atoms with Crippen molar-refractivity contribution >= 4 is 16.6 Å². The van der Waals surface area contributed by atoms with E-state index in [9.17, 15) is 0 Å². The molecule has 0 spiro atoms. The molecule has 4 nitrogen and oxygen atoms in total. The summed E-state index contributed by atoms with van der Waals surface area (Å²) in [5.74, 6) is 0.776. The van der Waals surface area contributed by atoms with Crippen molar-refractivity contribution in [1.29, 1.82) is 0 Å². The first-order valence-electron chi connectivity index (χ1n) is 6.76. The van der Waals surface area contributed by atoms with Gasteiger partial charge in [0.15, 0.2) is 5.76 Å². The zero-order valence-corrected chi connectivity index (χ0v) is 11.2. The third-order valence-electron chi connectivity index (χ3n) is 3.19. The number of para-hydroxylation sites is 1. The van der Waals surface area contributed by atoms with Crippen LogP contribution in [-0.2, 0) is 0 Å². The average molecular weight is 267 g/mol. The molecular formula is C16H17N3O. The van der Waals surface area contributed by atoms with Gasteiger partial charge in [-0.25, -0.2) is 4.98 Å². The summed E-state index contributed by atoms with van der Waals surface area (Å²) in [6.07, 6.45) is 2.60. The minimum atomic E-state index is 0.682. The zero-order chi connectivity index (χ0) is 13.8. The van der Waals surface area contributed by atoms with Gasteiger partial charge in [-0.15, -0.1) is 0 Å². The Morgan fingerprint density at radius 3 is 2.85 bits per heavy atom. The Bertz CT molecular complexity index is 692. The standard InChI is InChI=1S/C16H17N3O/c17-8-4-9-18-14-11-15(16-7-3-10-20-16)19-13-6-2-1-5-12(13)14/h1-3,5-7,10-11H,4,8-9,17H2,(H,18,19). The lowest BCUT2D eigenvalue weighted by Gasteiger charge is -2.10. The second-order valence-corrected chi connectivity index (χ2v) is 4.62. The molecule has 0 aliphatic carbocycles. The number of hydrogen-bond donors (Lipinski definition) is 2. The van der Waals surface area contributed by atoms with Crippen LogP contribution in [0.3, 0.4) is 0 Å². The van der Waals surface area contributed by atoms with Crippen LogP contribution in [0, 0.1) is 0 Å². The number of fused-ring (bicyclic) bond motifs is 1. The number of nitrogens with two attached hydrogens (primary N) is 1. The minimum Gasteiger partial charge on any atom is -0.463 e. The van der Waals surface area contributed by atoms with Gasteiger partial charge in [0.2, 0.25) is 0 Å². The smallest absolute Gasteiger partial charge is 0.152 e. The van der Waals surface area contributed by atoms with Crippen molar-refractivity contribution in [2.24, 2.45) is 5.73 Å². The summed E-state index contributed by atoms with van der Waals surface area (Å²) in [4.78, 5) is 4.65. The van der Waals surface area contributed by atoms with Gasteiger partial charge in [-0.3, -0.25) is 0 Å². The Morgan fingerprint density at radius 2 is 2.05 bits per heavy atom. The van der Waals surface area contributed by atoms with E-state index in [0.29, 0.717) is 6.54 Å². The summed E-state index contributed by atoms with van der Waals surface area (Å²) in [5, 5.41) is 4.54. The third kappa shape index (κ3) is 2.51. The van der Waals surface area contributed by atoms with Crippen molar-refractivity contribution in [1.82, 2.24) is 4.98 Å². The number of rotatable bonds is 5. The molecule has 4 heteroatoms. The van der Waals surface area contributed by atoms with Gasteiger partial charge >= 0.3 is 0 Å². The average Bonchev–Trinajstić information content (AvgIpc) is 3.01. The van der Waals surface area contributed by atoms with Crippen LogP contribution in [0.15, 0.2) is 53.1 Å². The van der Waals surface area contributed by atoms with E-state index in [4.69, 9.17) is 10.2 Å². The first kappa shape index (κ1) is 12.7. The van der Waals surface area contributed by atoms with Crippen molar-refractivity contribution in [2.45, 2.75) is 6.42 Å². The van der Waals surface area contributed by atoms with E-state index < -0.39 is 0 Å². The number of nitrogens with zero attached hydrogens (tertiary/aromatic N) is 1. The van der Waals surface area contributed by atoms with Crippen LogP contribution in [0.2, 0.25) is 0 Å². The lowest BCUT2D eigenvalue weighted by molar-refractivity contribution is 0.580. The van der Waals surface area contributed by atoms with Crippen molar-refractivity contribution < 1.29 is 4.42 Å². The molecule has 0 amide bonds. The van der Waals surface area contributed by atoms with E-state index in [1.807, 2.05) is 36.4 Å². The molecule has 1 aromatic carbocycles. The number of pyridine rings is 1. The fourth-order valence-electron chi connectivity index (χ4n) is 2.20. The predicted octanol–water partition coefficient (Wildman–Crippen LogP) is 3.26. The maximum absolute atomic E-state index is 5.55. The second kappa shape index (κ2) is 5.75. The van der Waals surface area contributed by atoms with E-state index >= 15 is 0 Å². The molecule has 102 valence electrons. The van der Waals surface area contributed by atoms with E-state index in [1.54, 1.807) is 6.26 Å². The highest BCUT2D eigenvalue weighted by molar-refractivity contribution is 5.93. The zero-order valence-electron chi connectivity index (χ0n) is 11.2. The largest absolute Gasteiger partial charge is 0.463 e. The van der Waals surface area contributed by atoms with Gasteiger partial charge in [0.1, 0.15) is 5.69 Å². The topological polar surface area (TPSA) is 64.1 Å². The van der Waals surface area contributed by atoms with Gasteiger partial charge in [0, 0.05) is 17.6 Å². The van der Waals surface area contributed by atoms with Crippen LogP contribution in [0.4, 0.5) is 5.69 Å². The Balaban J connectivity index is 2.05. The van der Waals surface area contributed by atoms with Gasteiger partial charge in [-0.2, -0.15) is 0 Å². The van der Waals surface area contributed by atoms with Gasteiger partial charge in [0.05, 0.1) is 11.8 Å². The molecule has 0 saturated carbocycles. The lowest BCUT2D eigenvalue weighted by atomic mass is 10.1. The van der Waals surface area contributed by atoms with Crippen LogP contribution in [0.25, 0.3) is 22.4 Å². The lowest BCUT2D eigenvalue weighted by Crippen LogP contribution is -2.09. The molecule has 2 heterocycles. The molecular weight excluding hydrogens is 250 g/mol. The van der Waals surface area contributed by atoms with Crippen molar-refractivity contribution in [3.8, 4) is 11.5 Å². The molecule has 3 rings (SSSR count).